The van der Waals surface area contributed by atoms with Crippen LogP contribution in [0.5, 0.6) is 11.5 Å². The Morgan fingerprint density at radius 2 is 1.80 bits per heavy atom. The number of hydrogen-bond acceptors (Lipinski definition) is 6. The van der Waals surface area contributed by atoms with E-state index in [1.54, 1.807) is 0 Å². The highest BCUT2D eigenvalue weighted by molar-refractivity contribution is 5.65. The highest BCUT2D eigenvalue weighted by atomic mass is 16.6. The summed E-state index contributed by atoms with van der Waals surface area (Å²) in [7, 11) is 0. The summed E-state index contributed by atoms with van der Waals surface area (Å²) in [6.07, 6.45) is -1.05. The molecule has 0 bridgehead atoms. The summed E-state index contributed by atoms with van der Waals surface area (Å²) in [6.45, 7) is 3.34. The van der Waals surface area contributed by atoms with Crippen LogP contribution < -0.4 is 19.7 Å². The SMILES string of the molecule is OCC1Oc2cccc(N3CCNCC3)c2OC1CO. The molecule has 2 atom stereocenters. The highest BCUT2D eigenvalue weighted by Gasteiger charge is 2.33. The van der Waals surface area contributed by atoms with Crippen LogP contribution in [0.4, 0.5) is 5.69 Å². The van der Waals surface area contributed by atoms with Crippen molar-refractivity contribution in [3.8, 4) is 11.5 Å². The maximum Gasteiger partial charge on any atom is 0.185 e. The third-order valence-electron chi connectivity index (χ3n) is 3.74. The van der Waals surface area contributed by atoms with Crippen LogP contribution in [0.15, 0.2) is 18.2 Å². The van der Waals surface area contributed by atoms with E-state index >= 15 is 0 Å². The monoisotopic (exact) mass is 280 g/mol. The van der Waals surface area contributed by atoms with E-state index in [1.807, 2.05) is 18.2 Å². The molecule has 2 aliphatic heterocycles. The van der Waals surface area contributed by atoms with Gasteiger partial charge in [-0.05, 0) is 12.1 Å². The molecule has 0 aromatic heterocycles. The minimum Gasteiger partial charge on any atom is -0.480 e. The fraction of sp³-hybridized carbons (Fsp3) is 0.571. The molecule has 0 amide bonds. The molecule has 6 heteroatoms. The topological polar surface area (TPSA) is 74.2 Å². The van der Waals surface area contributed by atoms with Crippen LogP contribution in [-0.4, -0.2) is 61.8 Å². The van der Waals surface area contributed by atoms with Crippen LogP contribution in [0, 0.1) is 0 Å². The van der Waals surface area contributed by atoms with Crippen molar-refractivity contribution in [3.63, 3.8) is 0 Å². The lowest BCUT2D eigenvalue weighted by atomic mass is 10.1. The summed E-state index contributed by atoms with van der Waals surface area (Å²) in [5.41, 5.74) is 0.985. The van der Waals surface area contributed by atoms with Gasteiger partial charge in [0.15, 0.2) is 23.7 Å². The van der Waals surface area contributed by atoms with Crippen molar-refractivity contribution in [2.24, 2.45) is 0 Å². The minimum atomic E-state index is -0.531. The third-order valence-corrected chi connectivity index (χ3v) is 3.74. The number of nitrogens with one attached hydrogen (secondary N) is 1. The molecule has 0 saturated carbocycles. The Morgan fingerprint density at radius 3 is 2.50 bits per heavy atom. The molecule has 0 spiro atoms. The van der Waals surface area contributed by atoms with E-state index in [1.165, 1.54) is 0 Å². The Labute approximate surface area is 117 Å². The zero-order chi connectivity index (χ0) is 13.9. The lowest BCUT2D eigenvalue weighted by Gasteiger charge is -2.36. The molecule has 3 N–H and O–H groups in total. The summed E-state index contributed by atoms with van der Waals surface area (Å²) >= 11 is 0. The van der Waals surface area contributed by atoms with Crippen LogP contribution >= 0.6 is 0 Å². The number of benzene rings is 1. The number of aliphatic hydroxyl groups is 2. The molecule has 2 aliphatic rings. The van der Waals surface area contributed by atoms with Gasteiger partial charge in [-0.15, -0.1) is 0 Å². The van der Waals surface area contributed by atoms with Gasteiger partial charge in [0.1, 0.15) is 0 Å². The normalized spacial score (nSPS) is 25.6. The first-order valence-corrected chi connectivity index (χ1v) is 6.97. The van der Waals surface area contributed by atoms with E-state index in [2.05, 4.69) is 10.2 Å². The average Bonchev–Trinajstić information content (AvgIpc) is 2.53. The average molecular weight is 280 g/mol. The number of fused-ring (bicyclic) bond motifs is 1. The number of rotatable bonds is 3. The first-order valence-electron chi connectivity index (χ1n) is 6.97. The van der Waals surface area contributed by atoms with E-state index in [4.69, 9.17) is 9.47 Å². The van der Waals surface area contributed by atoms with Crippen molar-refractivity contribution in [2.45, 2.75) is 12.2 Å². The van der Waals surface area contributed by atoms with Gasteiger partial charge in [0.25, 0.3) is 0 Å². The van der Waals surface area contributed by atoms with Crippen molar-refractivity contribution < 1.29 is 19.7 Å². The predicted octanol–water partition coefficient (Wildman–Crippen LogP) is -0.411. The van der Waals surface area contributed by atoms with Crippen LogP contribution in [0.1, 0.15) is 0 Å². The second kappa shape index (κ2) is 5.87. The van der Waals surface area contributed by atoms with Crippen molar-refractivity contribution in [1.82, 2.24) is 5.32 Å². The molecule has 1 saturated heterocycles. The van der Waals surface area contributed by atoms with Gasteiger partial charge in [0.2, 0.25) is 0 Å². The number of nitrogens with zero attached hydrogens (tertiary/aromatic N) is 1. The van der Waals surface area contributed by atoms with E-state index in [9.17, 15) is 10.2 Å². The zero-order valence-corrected chi connectivity index (χ0v) is 11.3. The fourth-order valence-corrected chi connectivity index (χ4v) is 2.65. The number of ether oxygens (including phenoxy) is 2. The van der Waals surface area contributed by atoms with Gasteiger partial charge >= 0.3 is 0 Å². The minimum absolute atomic E-state index is 0.178. The quantitative estimate of drug-likeness (QED) is 0.699. The lowest BCUT2D eigenvalue weighted by Crippen LogP contribution is -2.46. The Balaban J connectivity index is 1.91. The van der Waals surface area contributed by atoms with Gasteiger partial charge < -0.3 is 29.9 Å². The molecule has 0 radical (unpaired) electrons. The Kier molecular flexibility index (Phi) is 3.95. The number of hydrogen-bond donors (Lipinski definition) is 3. The maximum atomic E-state index is 9.38. The molecule has 6 nitrogen and oxygen atoms in total. The number of anilines is 1. The van der Waals surface area contributed by atoms with Crippen molar-refractivity contribution >= 4 is 5.69 Å². The van der Waals surface area contributed by atoms with Crippen LogP contribution in [0.3, 0.4) is 0 Å². The number of piperazine rings is 1. The Hall–Kier alpha value is -1.50. The van der Waals surface area contributed by atoms with E-state index in [-0.39, 0.29) is 13.2 Å². The van der Waals surface area contributed by atoms with Gasteiger partial charge in [0.05, 0.1) is 18.9 Å². The van der Waals surface area contributed by atoms with Gasteiger partial charge in [-0.3, -0.25) is 0 Å². The lowest BCUT2D eigenvalue weighted by molar-refractivity contribution is -0.0347. The van der Waals surface area contributed by atoms with E-state index in [0.29, 0.717) is 11.5 Å². The third kappa shape index (κ3) is 2.42. The molecule has 2 heterocycles. The first-order chi connectivity index (χ1) is 9.83. The molecule has 2 unspecified atom stereocenters. The van der Waals surface area contributed by atoms with E-state index in [0.717, 1.165) is 31.9 Å². The number of aliphatic hydroxyl groups excluding tert-OH is 2. The summed E-state index contributed by atoms with van der Waals surface area (Å²) in [4.78, 5) is 2.24. The summed E-state index contributed by atoms with van der Waals surface area (Å²) in [6, 6.07) is 5.76. The zero-order valence-electron chi connectivity index (χ0n) is 11.3. The summed E-state index contributed by atoms with van der Waals surface area (Å²) < 4.78 is 11.6. The Bertz CT molecular complexity index is 462. The molecule has 20 heavy (non-hydrogen) atoms. The van der Waals surface area contributed by atoms with Crippen LogP contribution in [-0.2, 0) is 0 Å². The molecular weight excluding hydrogens is 260 g/mol. The molecule has 1 aromatic rings. The van der Waals surface area contributed by atoms with E-state index < -0.39 is 12.2 Å². The molecule has 0 aliphatic carbocycles. The van der Waals surface area contributed by atoms with Crippen molar-refractivity contribution in [3.05, 3.63) is 18.2 Å². The molecule has 1 fully saturated rings. The highest BCUT2D eigenvalue weighted by Crippen LogP contribution is 2.42. The first kappa shape index (κ1) is 13.5. The predicted molar refractivity (Wildman–Crippen MR) is 74.5 cm³/mol. The van der Waals surface area contributed by atoms with Crippen molar-refractivity contribution in [2.75, 3.05) is 44.3 Å². The summed E-state index contributed by atoms with van der Waals surface area (Å²) in [5.74, 6) is 1.29. The van der Waals surface area contributed by atoms with Gasteiger partial charge in [-0.1, -0.05) is 6.07 Å². The molecule has 1 aromatic carbocycles. The fourth-order valence-electron chi connectivity index (χ4n) is 2.65. The van der Waals surface area contributed by atoms with Gasteiger partial charge in [-0.2, -0.15) is 0 Å². The largest absolute Gasteiger partial charge is 0.480 e. The second-order valence-corrected chi connectivity index (χ2v) is 5.02. The smallest absolute Gasteiger partial charge is 0.185 e. The van der Waals surface area contributed by atoms with Gasteiger partial charge in [-0.25, -0.2) is 0 Å². The van der Waals surface area contributed by atoms with Crippen molar-refractivity contribution in [1.29, 1.82) is 0 Å². The molecular formula is C14H20N2O4. The maximum absolute atomic E-state index is 9.38. The van der Waals surface area contributed by atoms with Crippen LogP contribution in [0.2, 0.25) is 0 Å². The summed E-state index contributed by atoms with van der Waals surface area (Å²) in [5, 5.41) is 22.0. The Morgan fingerprint density at radius 1 is 1.10 bits per heavy atom. The van der Waals surface area contributed by atoms with Gasteiger partial charge in [0, 0.05) is 26.2 Å². The second-order valence-electron chi connectivity index (χ2n) is 5.02. The molecule has 3 rings (SSSR count). The standard InChI is InChI=1S/C14H20N2O4/c17-8-12-13(9-18)20-14-10(2-1-3-11(14)19-12)16-6-4-15-5-7-16/h1-3,12-13,15,17-18H,4-9H2. The van der Waals surface area contributed by atoms with Crippen LogP contribution in [0.25, 0.3) is 0 Å². The molecule has 110 valence electrons. The number of para-hydroxylation sites is 1.